The Balaban J connectivity index is 1.86. The standard InChI is InChI=1S/C26H32N2O6/c1-25(2,3)33-23(30)22(29)17-32-21-13-10-18(11-14-21)19-9-12-20(28-16-19)8-7-15-27-24(31)34-26(4,5)6/h9-14,16,22,29H,15,17H2,1-6H3,(H,27,31). The van der Waals surface area contributed by atoms with Crippen molar-refractivity contribution in [2.75, 3.05) is 13.2 Å². The first-order chi connectivity index (χ1) is 15.8. The van der Waals surface area contributed by atoms with E-state index < -0.39 is 29.4 Å². The van der Waals surface area contributed by atoms with Crippen LogP contribution in [0.15, 0.2) is 42.6 Å². The van der Waals surface area contributed by atoms with Crippen molar-refractivity contribution in [3.05, 3.63) is 48.3 Å². The number of amides is 1. The minimum Gasteiger partial charge on any atom is -0.490 e. The first-order valence-electron chi connectivity index (χ1n) is 10.9. The van der Waals surface area contributed by atoms with Gasteiger partial charge in [-0.3, -0.25) is 0 Å². The molecule has 0 saturated carbocycles. The number of hydrogen-bond donors (Lipinski definition) is 2. The molecular formula is C26H32N2O6. The first-order valence-corrected chi connectivity index (χ1v) is 10.9. The van der Waals surface area contributed by atoms with Crippen LogP contribution in [-0.2, 0) is 14.3 Å². The molecule has 1 aromatic carbocycles. The molecule has 0 spiro atoms. The molecule has 1 aromatic heterocycles. The van der Waals surface area contributed by atoms with Gasteiger partial charge in [0, 0.05) is 11.8 Å². The highest BCUT2D eigenvalue weighted by molar-refractivity contribution is 5.75. The van der Waals surface area contributed by atoms with Crippen molar-refractivity contribution < 1.29 is 28.9 Å². The van der Waals surface area contributed by atoms with Crippen molar-refractivity contribution in [3.8, 4) is 28.7 Å². The van der Waals surface area contributed by atoms with Gasteiger partial charge in [0.15, 0.2) is 6.10 Å². The molecule has 8 heteroatoms. The number of alkyl carbamates (subject to hydrolysis) is 1. The number of esters is 1. The van der Waals surface area contributed by atoms with E-state index in [0.717, 1.165) is 11.1 Å². The number of hydrogen-bond acceptors (Lipinski definition) is 7. The number of aromatic nitrogens is 1. The number of aliphatic hydroxyl groups excluding tert-OH is 1. The van der Waals surface area contributed by atoms with Gasteiger partial charge in [-0.15, -0.1) is 0 Å². The lowest BCUT2D eigenvalue weighted by atomic mass is 10.1. The van der Waals surface area contributed by atoms with Crippen LogP contribution in [-0.4, -0.2) is 52.6 Å². The maximum atomic E-state index is 11.8. The van der Waals surface area contributed by atoms with Gasteiger partial charge in [0.25, 0.3) is 0 Å². The largest absolute Gasteiger partial charge is 0.490 e. The fourth-order valence-corrected chi connectivity index (χ4v) is 2.56. The topological polar surface area (TPSA) is 107 Å². The number of ether oxygens (including phenoxy) is 3. The van der Waals surface area contributed by atoms with Crippen LogP contribution in [0.1, 0.15) is 47.2 Å². The molecule has 0 aliphatic heterocycles. The van der Waals surface area contributed by atoms with Crippen LogP contribution < -0.4 is 10.1 Å². The zero-order chi connectivity index (χ0) is 25.4. The van der Waals surface area contributed by atoms with E-state index in [2.05, 4.69) is 22.1 Å². The molecule has 2 rings (SSSR count). The second-order valence-electron chi connectivity index (χ2n) is 9.47. The van der Waals surface area contributed by atoms with Crippen molar-refractivity contribution in [2.24, 2.45) is 0 Å². The number of carbonyl (C=O) groups is 2. The summed E-state index contributed by atoms with van der Waals surface area (Å²) in [4.78, 5) is 27.7. The van der Waals surface area contributed by atoms with E-state index in [4.69, 9.17) is 14.2 Å². The lowest BCUT2D eigenvalue weighted by molar-refractivity contribution is -0.166. The molecular weight excluding hydrogens is 436 g/mol. The molecule has 0 saturated heterocycles. The van der Waals surface area contributed by atoms with Crippen LogP contribution in [0.4, 0.5) is 4.79 Å². The SMILES string of the molecule is CC(C)(C)OC(=O)NCC#Cc1ccc(-c2ccc(OCC(O)C(=O)OC(C)(C)C)cc2)cn1. The number of carbonyl (C=O) groups excluding carboxylic acids is 2. The fraction of sp³-hybridized carbons (Fsp3) is 0.423. The van der Waals surface area contributed by atoms with Crippen LogP contribution in [0.3, 0.4) is 0 Å². The number of nitrogens with zero attached hydrogens (tertiary/aromatic N) is 1. The third kappa shape index (κ3) is 9.92. The Hall–Kier alpha value is -3.57. The predicted molar refractivity (Wildman–Crippen MR) is 128 cm³/mol. The van der Waals surface area contributed by atoms with Crippen LogP contribution in [0.5, 0.6) is 5.75 Å². The quantitative estimate of drug-likeness (QED) is 0.492. The normalized spacial score (nSPS) is 12.1. The molecule has 2 N–H and O–H groups in total. The number of aliphatic hydroxyl groups is 1. The Kier molecular flexibility index (Phi) is 9.04. The summed E-state index contributed by atoms with van der Waals surface area (Å²) in [7, 11) is 0. The van der Waals surface area contributed by atoms with E-state index in [0.29, 0.717) is 11.4 Å². The Morgan fingerprint density at radius 2 is 1.59 bits per heavy atom. The smallest absolute Gasteiger partial charge is 0.408 e. The minimum absolute atomic E-state index is 0.155. The van der Waals surface area contributed by atoms with Gasteiger partial charge < -0.3 is 24.6 Å². The fourth-order valence-electron chi connectivity index (χ4n) is 2.56. The van der Waals surface area contributed by atoms with Gasteiger partial charge in [-0.1, -0.05) is 24.1 Å². The average Bonchev–Trinajstić information content (AvgIpc) is 2.73. The van der Waals surface area contributed by atoms with Gasteiger partial charge in [0.05, 0.1) is 6.54 Å². The van der Waals surface area contributed by atoms with E-state index in [1.165, 1.54) is 0 Å². The van der Waals surface area contributed by atoms with Crippen LogP contribution in [0, 0.1) is 11.8 Å². The lowest BCUT2D eigenvalue weighted by Gasteiger charge is -2.21. The number of benzene rings is 1. The van der Waals surface area contributed by atoms with Gasteiger partial charge in [-0.2, -0.15) is 0 Å². The highest BCUT2D eigenvalue weighted by atomic mass is 16.6. The van der Waals surface area contributed by atoms with Crippen molar-refractivity contribution >= 4 is 12.1 Å². The molecule has 1 amide bonds. The summed E-state index contributed by atoms with van der Waals surface area (Å²) in [5, 5.41) is 12.5. The Morgan fingerprint density at radius 3 is 2.15 bits per heavy atom. The van der Waals surface area contributed by atoms with Crippen molar-refractivity contribution in [1.82, 2.24) is 10.3 Å². The van der Waals surface area contributed by atoms with E-state index in [1.807, 2.05) is 18.2 Å². The minimum atomic E-state index is -1.36. The second kappa shape index (κ2) is 11.5. The zero-order valence-corrected chi connectivity index (χ0v) is 20.5. The van der Waals surface area contributed by atoms with Gasteiger partial charge in [0.1, 0.15) is 29.3 Å². The molecule has 182 valence electrons. The lowest BCUT2D eigenvalue weighted by Crippen LogP contribution is -2.35. The maximum Gasteiger partial charge on any atom is 0.408 e. The van der Waals surface area contributed by atoms with Crippen LogP contribution in [0.25, 0.3) is 11.1 Å². The molecule has 34 heavy (non-hydrogen) atoms. The van der Waals surface area contributed by atoms with Gasteiger partial charge >= 0.3 is 12.1 Å². The highest BCUT2D eigenvalue weighted by Gasteiger charge is 2.23. The molecule has 8 nitrogen and oxygen atoms in total. The Labute approximate surface area is 200 Å². The molecule has 0 bridgehead atoms. The zero-order valence-electron chi connectivity index (χ0n) is 20.5. The van der Waals surface area contributed by atoms with Crippen LogP contribution >= 0.6 is 0 Å². The summed E-state index contributed by atoms with van der Waals surface area (Å²) in [6, 6.07) is 10.9. The number of rotatable bonds is 6. The third-order valence-corrected chi connectivity index (χ3v) is 3.97. The molecule has 2 aromatic rings. The monoisotopic (exact) mass is 468 g/mol. The summed E-state index contributed by atoms with van der Waals surface area (Å²) >= 11 is 0. The van der Waals surface area contributed by atoms with E-state index in [9.17, 15) is 14.7 Å². The molecule has 1 atom stereocenters. The molecule has 0 radical (unpaired) electrons. The van der Waals surface area contributed by atoms with Gasteiger partial charge in [-0.05, 0) is 71.2 Å². The second-order valence-corrected chi connectivity index (χ2v) is 9.47. The Morgan fingerprint density at radius 1 is 0.971 bits per heavy atom. The predicted octanol–water partition coefficient (Wildman–Crippen LogP) is 3.71. The summed E-state index contributed by atoms with van der Waals surface area (Å²) in [5.74, 6) is 5.51. The van der Waals surface area contributed by atoms with Crippen molar-refractivity contribution in [3.63, 3.8) is 0 Å². The summed E-state index contributed by atoms with van der Waals surface area (Å²) < 4.78 is 15.8. The maximum absolute atomic E-state index is 11.8. The summed E-state index contributed by atoms with van der Waals surface area (Å²) in [6.45, 7) is 10.5. The number of pyridine rings is 1. The van der Waals surface area contributed by atoms with E-state index in [-0.39, 0.29) is 13.2 Å². The number of nitrogens with one attached hydrogen (secondary N) is 1. The average molecular weight is 469 g/mol. The van der Waals surface area contributed by atoms with E-state index >= 15 is 0 Å². The molecule has 0 aliphatic carbocycles. The molecule has 0 aliphatic rings. The Bertz CT molecular complexity index is 1020. The molecule has 1 unspecified atom stereocenters. The third-order valence-electron chi connectivity index (χ3n) is 3.97. The first kappa shape index (κ1) is 26.7. The van der Waals surface area contributed by atoms with E-state index in [1.54, 1.807) is 65.9 Å². The summed E-state index contributed by atoms with van der Waals surface area (Å²) in [5.41, 5.74) is 1.15. The summed E-state index contributed by atoms with van der Waals surface area (Å²) in [6.07, 6.45) is -0.180. The van der Waals surface area contributed by atoms with Gasteiger partial charge in [-0.25, -0.2) is 14.6 Å². The van der Waals surface area contributed by atoms with Crippen molar-refractivity contribution in [2.45, 2.75) is 58.8 Å². The van der Waals surface area contributed by atoms with Crippen LogP contribution in [0.2, 0.25) is 0 Å². The highest BCUT2D eigenvalue weighted by Crippen LogP contribution is 2.22. The van der Waals surface area contributed by atoms with Gasteiger partial charge in [0.2, 0.25) is 0 Å². The van der Waals surface area contributed by atoms with Crippen molar-refractivity contribution in [1.29, 1.82) is 0 Å². The molecule has 1 heterocycles. The molecule has 0 fully saturated rings.